The molecule has 1 atom stereocenters. The topological polar surface area (TPSA) is 69.1 Å². The Balaban J connectivity index is 1.46. The van der Waals surface area contributed by atoms with Crippen molar-refractivity contribution in [3.63, 3.8) is 0 Å². The van der Waals surface area contributed by atoms with Crippen molar-refractivity contribution in [1.82, 2.24) is 5.32 Å². The van der Waals surface area contributed by atoms with Crippen LogP contribution in [-0.2, 0) is 20.8 Å². The van der Waals surface area contributed by atoms with Crippen LogP contribution in [0.2, 0.25) is 0 Å². The van der Waals surface area contributed by atoms with Gasteiger partial charge in [-0.25, -0.2) is 13.6 Å². The molecule has 3 rings (SSSR count). The molecule has 6 nitrogen and oxygen atoms in total. The maximum atomic E-state index is 13.8. The zero-order chi connectivity index (χ0) is 21.5. The highest BCUT2D eigenvalue weighted by Crippen LogP contribution is 2.17. The lowest BCUT2D eigenvalue weighted by molar-refractivity contribution is -0.921. The van der Waals surface area contributed by atoms with Gasteiger partial charge in [-0.05, 0) is 25.1 Å². The molecule has 0 radical (unpaired) electrons. The predicted octanol–water partition coefficient (Wildman–Crippen LogP) is 1.41. The van der Waals surface area contributed by atoms with Crippen molar-refractivity contribution in [2.24, 2.45) is 0 Å². The van der Waals surface area contributed by atoms with Crippen molar-refractivity contribution in [1.29, 1.82) is 0 Å². The minimum Gasteiger partial charge on any atom is -0.452 e. The molecule has 30 heavy (non-hydrogen) atoms. The Bertz CT molecular complexity index is 883. The summed E-state index contributed by atoms with van der Waals surface area (Å²) in [6, 6.07) is 9.53. The van der Waals surface area contributed by atoms with Crippen LogP contribution in [0.5, 0.6) is 0 Å². The van der Waals surface area contributed by atoms with E-state index in [4.69, 9.17) is 9.47 Å². The second kappa shape index (κ2) is 10.3. The Morgan fingerprint density at radius 2 is 1.83 bits per heavy atom. The first kappa shape index (κ1) is 21.9. The summed E-state index contributed by atoms with van der Waals surface area (Å²) in [6.45, 7) is 5.36. The van der Waals surface area contributed by atoms with Crippen LogP contribution >= 0.6 is 0 Å². The number of ether oxygens (including phenoxy) is 2. The Labute approximate surface area is 173 Å². The second-order valence-corrected chi connectivity index (χ2v) is 7.27. The van der Waals surface area contributed by atoms with Crippen LogP contribution in [0.25, 0.3) is 0 Å². The molecule has 0 saturated carbocycles. The van der Waals surface area contributed by atoms with Crippen LogP contribution in [0.4, 0.5) is 8.78 Å². The number of carbonyl (C=O) groups is 2. The van der Waals surface area contributed by atoms with E-state index in [1.165, 1.54) is 11.0 Å². The van der Waals surface area contributed by atoms with Crippen LogP contribution in [-0.4, -0.2) is 44.8 Å². The van der Waals surface area contributed by atoms with Gasteiger partial charge in [0.1, 0.15) is 31.3 Å². The van der Waals surface area contributed by atoms with Crippen molar-refractivity contribution in [2.75, 3.05) is 32.9 Å². The number of amides is 1. The first-order chi connectivity index (χ1) is 14.4. The lowest BCUT2D eigenvalue weighted by Gasteiger charge is -2.23. The number of esters is 1. The fourth-order valence-corrected chi connectivity index (χ4v) is 3.31. The highest BCUT2D eigenvalue weighted by atomic mass is 19.1. The number of morpholine rings is 1. The molecule has 8 heteroatoms. The van der Waals surface area contributed by atoms with E-state index in [2.05, 4.69) is 5.32 Å². The molecule has 0 bridgehead atoms. The van der Waals surface area contributed by atoms with E-state index in [1.54, 1.807) is 19.1 Å². The lowest BCUT2D eigenvalue weighted by atomic mass is 10.1. The molecule has 2 N–H and O–H groups in total. The van der Waals surface area contributed by atoms with Gasteiger partial charge in [-0.2, -0.15) is 0 Å². The number of quaternary nitrogens is 1. The summed E-state index contributed by atoms with van der Waals surface area (Å²) in [6.07, 6.45) is 0. The number of nitrogens with one attached hydrogen (secondary N) is 2. The van der Waals surface area contributed by atoms with Crippen LogP contribution in [0.3, 0.4) is 0 Å². The van der Waals surface area contributed by atoms with Gasteiger partial charge in [0.2, 0.25) is 0 Å². The van der Waals surface area contributed by atoms with E-state index in [9.17, 15) is 18.4 Å². The molecule has 1 saturated heterocycles. The monoisotopic (exact) mass is 419 g/mol. The molecule has 0 aliphatic carbocycles. The molecular formula is C22H25F2N2O4+. The molecule has 160 valence electrons. The quantitative estimate of drug-likeness (QED) is 0.666. The van der Waals surface area contributed by atoms with Crippen molar-refractivity contribution in [3.05, 3.63) is 70.8 Å². The summed E-state index contributed by atoms with van der Waals surface area (Å²) in [5.41, 5.74) is 1.60. The number of hydrogen-bond donors (Lipinski definition) is 2. The van der Waals surface area contributed by atoms with Gasteiger partial charge in [0, 0.05) is 17.2 Å². The van der Waals surface area contributed by atoms with E-state index in [0.717, 1.165) is 50.5 Å². The third-order valence-electron chi connectivity index (χ3n) is 4.98. The van der Waals surface area contributed by atoms with Crippen LogP contribution < -0.4 is 10.2 Å². The Kier molecular flexibility index (Phi) is 7.48. The van der Waals surface area contributed by atoms with E-state index in [-0.39, 0.29) is 5.56 Å². The zero-order valence-electron chi connectivity index (χ0n) is 16.8. The molecular weight excluding hydrogens is 394 g/mol. The van der Waals surface area contributed by atoms with E-state index >= 15 is 0 Å². The zero-order valence-corrected chi connectivity index (χ0v) is 16.8. The largest absolute Gasteiger partial charge is 0.452 e. The van der Waals surface area contributed by atoms with Gasteiger partial charge in [0.15, 0.2) is 6.61 Å². The molecule has 0 aromatic heterocycles. The molecule has 1 amide bonds. The third-order valence-corrected chi connectivity index (χ3v) is 4.98. The third kappa shape index (κ3) is 6.08. The summed E-state index contributed by atoms with van der Waals surface area (Å²) in [4.78, 5) is 25.6. The van der Waals surface area contributed by atoms with Gasteiger partial charge in [-0.15, -0.1) is 0 Å². The van der Waals surface area contributed by atoms with Crippen LogP contribution in [0.1, 0.15) is 34.5 Å². The molecule has 1 aliphatic rings. The number of rotatable bonds is 7. The van der Waals surface area contributed by atoms with Gasteiger partial charge >= 0.3 is 5.97 Å². The molecule has 2 aromatic carbocycles. The van der Waals surface area contributed by atoms with Gasteiger partial charge in [-0.1, -0.05) is 18.2 Å². The van der Waals surface area contributed by atoms with E-state index < -0.39 is 36.2 Å². The highest BCUT2D eigenvalue weighted by molar-refractivity contribution is 5.91. The first-order valence-corrected chi connectivity index (χ1v) is 9.84. The van der Waals surface area contributed by atoms with Crippen molar-refractivity contribution in [3.8, 4) is 0 Å². The average Bonchev–Trinajstić information content (AvgIpc) is 2.73. The maximum absolute atomic E-state index is 13.8. The second-order valence-electron chi connectivity index (χ2n) is 7.27. The molecule has 0 unspecified atom stereocenters. The van der Waals surface area contributed by atoms with Gasteiger partial charge in [-0.3, -0.25) is 4.79 Å². The smallest absolute Gasteiger partial charge is 0.338 e. The maximum Gasteiger partial charge on any atom is 0.338 e. The minimum atomic E-state index is -0.751. The van der Waals surface area contributed by atoms with Crippen molar-refractivity contribution in [2.45, 2.75) is 19.5 Å². The average molecular weight is 419 g/mol. The molecule has 2 aromatic rings. The Hall–Kier alpha value is -2.84. The highest BCUT2D eigenvalue weighted by Gasteiger charge is 2.17. The number of halogens is 2. The van der Waals surface area contributed by atoms with Crippen molar-refractivity contribution < 1.29 is 32.7 Å². The molecule has 1 aliphatic heterocycles. The van der Waals surface area contributed by atoms with Gasteiger partial charge < -0.3 is 19.7 Å². The van der Waals surface area contributed by atoms with E-state index in [1.807, 2.05) is 12.1 Å². The number of hydrogen-bond acceptors (Lipinski definition) is 4. The standard InChI is InChI=1S/C22H24F2N2O4/c1-15(19-7-6-18(23)12-20(19)24)25-21(27)14-30-22(28)17-4-2-16(3-5-17)13-26-8-10-29-11-9-26/h2-7,12,15H,8-11,13-14H2,1H3,(H,25,27)/p+1/t15-/m1/s1. The van der Waals surface area contributed by atoms with Gasteiger partial charge in [0.05, 0.1) is 24.8 Å². The molecule has 0 spiro atoms. The summed E-state index contributed by atoms with van der Waals surface area (Å²) in [5.74, 6) is -2.64. The summed E-state index contributed by atoms with van der Waals surface area (Å²) >= 11 is 0. The normalized spacial score (nSPS) is 15.4. The first-order valence-electron chi connectivity index (χ1n) is 9.84. The minimum absolute atomic E-state index is 0.147. The Morgan fingerprint density at radius 1 is 1.13 bits per heavy atom. The van der Waals surface area contributed by atoms with Crippen LogP contribution in [0.15, 0.2) is 42.5 Å². The summed E-state index contributed by atoms with van der Waals surface area (Å²) < 4.78 is 37.2. The van der Waals surface area contributed by atoms with Gasteiger partial charge in [0.25, 0.3) is 5.91 Å². The fraction of sp³-hybridized carbons (Fsp3) is 0.364. The predicted molar refractivity (Wildman–Crippen MR) is 105 cm³/mol. The number of benzene rings is 2. The van der Waals surface area contributed by atoms with Crippen molar-refractivity contribution >= 4 is 11.9 Å². The summed E-state index contributed by atoms with van der Waals surface area (Å²) in [5, 5.41) is 2.53. The van der Waals surface area contributed by atoms with Crippen LogP contribution in [0, 0.1) is 11.6 Å². The Morgan fingerprint density at radius 3 is 2.50 bits per heavy atom. The lowest BCUT2D eigenvalue weighted by Crippen LogP contribution is -3.12. The molecule has 1 fully saturated rings. The van der Waals surface area contributed by atoms with E-state index in [0.29, 0.717) is 5.56 Å². The number of carbonyl (C=O) groups excluding carboxylic acids is 2. The molecule has 1 heterocycles. The fourth-order valence-electron chi connectivity index (χ4n) is 3.31. The summed E-state index contributed by atoms with van der Waals surface area (Å²) in [7, 11) is 0. The SMILES string of the molecule is C[C@@H](NC(=O)COC(=O)c1ccc(C[NH+]2CCOCC2)cc1)c1ccc(F)cc1F.